The molecule has 0 aliphatic heterocycles. The van der Waals surface area contributed by atoms with Crippen LogP contribution in [0.3, 0.4) is 0 Å². The Labute approximate surface area is 140 Å². The number of nitrogens with zero attached hydrogens (tertiary/aromatic N) is 1. The fourth-order valence-electron chi connectivity index (χ4n) is 3.10. The van der Waals surface area contributed by atoms with Gasteiger partial charge in [0.2, 0.25) is 0 Å². The van der Waals surface area contributed by atoms with Crippen molar-refractivity contribution in [1.29, 1.82) is 0 Å². The molecule has 0 saturated heterocycles. The molecular weight excluding hydrogens is 270 g/mol. The van der Waals surface area contributed by atoms with E-state index in [0.29, 0.717) is 0 Å². The minimum absolute atomic E-state index is 0.00913. The summed E-state index contributed by atoms with van der Waals surface area (Å²) < 4.78 is -0.00913. The van der Waals surface area contributed by atoms with Crippen molar-refractivity contribution in [1.82, 2.24) is 0 Å². The fourth-order valence-corrected chi connectivity index (χ4v) is 3.10. The standard InChI is InChI=1S/C20H43NO/c1-4-6-8-10-12-14-16-18-20-21(3,22)19-17-15-13-11-9-7-5-2/h4-20H2,1-3H3. The number of rotatable bonds is 17. The van der Waals surface area contributed by atoms with Crippen LogP contribution in [0.2, 0.25) is 0 Å². The molecule has 2 heteroatoms. The average molecular weight is 314 g/mol. The van der Waals surface area contributed by atoms with E-state index in [1.165, 1.54) is 83.5 Å². The molecule has 0 heterocycles. The van der Waals surface area contributed by atoms with Gasteiger partial charge in [0, 0.05) is 0 Å². The lowest BCUT2D eigenvalue weighted by Crippen LogP contribution is -2.39. The summed E-state index contributed by atoms with van der Waals surface area (Å²) >= 11 is 0. The van der Waals surface area contributed by atoms with Gasteiger partial charge in [-0.2, -0.15) is 0 Å². The SMILES string of the molecule is CCCCCCCCCC[N+](C)([O-])CCCCCCCCC. The Bertz CT molecular complexity index is 216. The van der Waals surface area contributed by atoms with Crippen molar-refractivity contribution in [3.8, 4) is 0 Å². The zero-order valence-electron chi connectivity index (χ0n) is 15.9. The number of hydroxylamine groups is 3. The first kappa shape index (κ1) is 21.9. The van der Waals surface area contributed by atoms with Crippen LogP contribution in [0.15, 0.2) is 0 Å². The maximum absolute atomic E-state index is 12.3. The fraction of sp³-hybridized carbons (Fsp3) is 1.00. The molecule has 0 aromatic rings. The Morgan fingerprint density at radius 1 is 0.500 bits per heavy atom. The molecule has 0 aromatic heterocycles. The topological polar surface area (TPSA) is 23.1 Å². The largest absolute Gasteiger partial charge is 0.633 e. The monoisotopic (exact) mass is 313 g/mol. The zero-order chi connectivity index (χ0) is 16.5. The van der Waals surface area contributed by atoms with Crippen LogP contribution in [0.1, 0.15) is 110 Å². The van der Waals surface area contributed by atoms with E-state index in [2.05, 4.69) is 13.8 Å². The molecule has 0 aromatic carbocycles. The lowest BCUT2D eigenvalue weighted by Gasteiger charge is -2.39. The van der Waals surface area contributed by atoms with Crippen molar-refractivity contribution < 1.29 is 4.65 Å². The van der Waals surface area contributed by atoms with E-state index in [4.69, 9.17) is 0 Å². The highest BCUT2D eigenvalue weighted by atomic mass is 16.5. The predicted molar refractivity (Wildman–Crippen MR) is 99.9 cm³/mol. The van der Waals surface area contributed by atoms with E-state index in [9.17, 15) is 5.21 Å². The molecule has 22 heavy (non-hydrogen) atoms. The van der Waals surface area contributed by atoms with Gasteiger partial charge in [0.05, 0.1) is 20.1 Å². The molecular formula is C20H43NO. The molecule has 0 aliphatic rings. The molecule has 134 valence electrons. The third-order valence-electron chi connectivity index (χ3n) is 4.72. The second kappa shape index (κ2) is 15.8. The maximum atomic E-state index is 12.3. The van der Waals surface area contributed by atoms with E-state index in [1.807, 2.05) is 7.05 Å². The molecule has 0 radical (unpaired) electrons. The summed E-state index contributed by atoms with van der Waals surface area (Å²) in [4.78, 5) is 0. The molecule has 1 atom stereocenters. The van der Waals surface area contributed by atoms with E-state index >= 15 is 0 Å². The first-order chi connectivity index (χ1) is 10.6. The molecule has 0 aliphatic carbocycles. The summed E-state index contributed by atoms with van der Waals surface area (Å²) in [6, 6.07) is 0. The Morgan fingerprint density at radius 3 is 1.09 bits per heavy atom. The molecule has 0 saturated carbocycles. The van der Waals surface area contributed by atoms with Gasteiger partial charge in [0.15, 0.2) is 0 Å². The van der Waals surface area contributed by atoms with Gasteiger partial charge in [0.25, 0.3) is 0 Å². The molecule has 0 amide bonds. The number of hydrogen-bond donors (Lipinski definition) is 0. The summed E-state index contributed by atoms with van der Waals surface area (Å²) in [6.45, 7) is 6.17. The zero-order valence-corrected chi connectivity index (χ0v) is 15.9. The van der Waals surface area contributed by atoms with Crippen LogP contribution in [0.25, 0.3) is 0 Å². The Morgan fingerprint density at radius 2 is 0.773 bits per heavy atom. The van der Waals surface area contributed by atoms with Crippen LogP contribution in [-0.2, 0) is 0 Å². The van der Waals surface area contributed by atoms with Gasteiger partial charge < -0.3 is 9.85 Å². The highest BCUT2D eigenvalue weighted by Gasteiger charge is 2.09. The Hall–Kier alpha value is -0.0800. The van der Waals surface area contributed by atoms with Gasteiger partial charge >= 0.3 is 0 Å². The van der Waals surface area contributed by atoms with Gasteiger partial charge in [0.1, 0.15) is 0 Å². The highest BCUT2D eigenvalue weighted by Crippen LogP contribution is 2.13. The first-order valence-corrected chi connectivity index (χ1v) is 10.2. The second-order valence-electron chi connectivity index (χ2n) is 7.34. The molecule has 0 N–H and O–H groups in total. The quantitative estimate of drug-likeness (QED) is 0.164. The molecule has 1 unspecified atom stereocenters. The number of quaternary nitrogens is 1. The summed E-state index contributed by atoms with van der Waals surface area (Å²) in [5.74, 6) is 0. The molecule has 0 spiro atoms. The van der Waals surface area contributed by atoms with Crippen molar-refractivity contribution >= 4 is 0 Å². The van der Waals surface area contributed by atoms with Crippen molar-refractivity contribution in [2.24, 2.45) is 0 Å². The lowest BCUT2D eigenvalue weighted by molar-refractivity contribution is -0.861. The van der Waals surface area contributed by atoms with Gasteiger partial charge in [-0.1, -0.05) is 84.5 Å². The molecule has 0 fully saturated rings. The number of unbranched alkanes of at least 4 members (excludes halogenated alkanes) is 13. The average Bonchev–Trinajstić information content (AvgIpc) is 2.49. The highest BCUT2D eigenvalue weighted by molar-refractivity contribution is 4.49. The normalized spacial score (nSPS) is 14.2. The lowest BCUT2D eigenvalue weighted by atomic mass is 10.1. The summed E-state index contributed by atoms with van der Waals surface area (Å²) in [5, 5.41) is 12.3. The Balaban J connectivity index is 3.34. The first-order valence-electron chi connectivity index (χ1n) is 10.2. The Kier molecular flexibility index (Phi) is 15.7. The van der Waals surface area contributed by atoms with Crippen molar-refractivity contribution in [2.75, 3.05) is 20.1 Å². The number of hydrogen-bond acceptors (Lipinski definition) is 1. The minimum Gasteiger partial charge on any atom is -0.633 e. The summed E-state index contributed by atoms with van der Waals surface area (Å²) in [5.41, 5.74) is 0. The second-order valence-corrected chi connectivity index (χ2v) is 7.34. The van der Waals surface area contributed by atoms with Crippen LogP contribution < -0.4 is 0 Å². The third kappa shape index (κ3) is 16.3. The van der Waals surface area contributed by atoms with E-state index in [1.54, 1.807) is 0 Å². The van der Waals surface area contributed by atoms with Gasteiger partial charge in [-0.15, -0.1) is 0 Å². The molecule has 0 bridgehead atoms. The van der Waals surface area contributed by atoms with E-state index in [-0.39, 0.29) is 4.65 Å². The van der Waals surface area contributed by atoms with Crippen LogP contribution in [0, 0.1) is 5.21 Å². The predicted octanol–water partition coefficient (Wildman–Crippen LogP) is 6.82. The van der Waals surface area contributed by atoms with Crippen molar-refractivity contribution in [3.63, 3.8) is 0 Å². The van der Waals surface area contributed by atoms with Gasteiger partial charge in [-0.25, -0.2) is 0 Å². The maximum Gasteiger partial charge on any atom is 0.0781 e. The van der Waals surface area contributed by atoms with E-state index < -0.39 is 0 Å². The van der Waals surface area contributed by atoms with Crippen LogP contribution >= 0.6 is 0 Å². The van der Waals surface area contributed by atoms with E-state index in [0.717, 1.165) is 25.9 Å². The summed E-state index contributed by atoms with van der Waals surface area (Å²) in [6.07, 6.45) is 19.6. The van der Waals surface area contributed by atoms with Crippen LogP contribution in [-0.4, -0.2) is 24.8 Å². The van der Waals surface area contributed by atoms with Crippen LogP contribution in [0.5, 0.6) is 0 Å². The van der Waals surface area contributed by atoms with Gasteiger partial charge in [-0.05, 0) is 25.7 Å². The third-order valence-corrected chi connectivity index (χ3v) is 4.72. The smallest absolute Gasteiger partial charge is 0.0781 e. The minimum atomic E-state index is -0.00913. The van der Waals surface area contributed by atoms with Gasteiger partial charge in [-0.3, -0.25) is 0 Å². The van der Waals surface area contributed by atoms with Crippen molar-refractivity contribution in [3.05, 3.63) is 5.21 Å². The van der Waals surface area contributed by atoms with Crippen LogP contribution in [0.4, 0.5) is 0 Å². The molecule has 0 rings (SSSR count). The molecule has 2 nitrogen and oxygen atoms in total. The van der Waals surface area contributed by atoms with Crippen molar-refractivity contribution in [2.45, 2.75) is 110 Å². The summed E-state index contributed by atoms with van der Waals surface area (Å²) in [7, 11) is 1.87.